The van der Waals surface area contributed by atoms with Gasteiger partial charge in [0, 0.05) is 18.5 Å². The van der Waals surface area contributed by atoms with Gasteiger partial charge in [-0.2, -0.15) is 0 Å². The van der Waals surface area contributed by atoms with Gasteiger partial charge in [-0.1, -0.05) is 26.7 Å². The summed E-state index contributed by atoms with van der Waals surface area (Å²) >= 11 is 0. The van der Waals surface area contributed by atoms with Crippen molar-refractivity contribution in [3.8, 4) is 0 Å². The number of hydrogen-bond donors (Lipinski definition) is 1. The third-order valence-electron chi connectivity index (χ3n) is 4.15. The molecule has 6 heteroatoms. The molecule has 21 heavy (non-hydrogen) atoms. The van der Waals surface area contributed by atoms with E-state index in [9.17, 15) is 8.42 Å². The third kappa shape index (κ3) is 5.99. The van der Waals surface area contributed by atoms with Crippen LogP contribution in [-0.2, 0) is 9.84 Å². The van der Waals surface area contributed by atoms with Gasteiger partial charge in [-0.25, -0.2) is 18.4 Å². The first-order valence-corrected chi connectivity index (χ1v) is 9.55. The van der Waals surface area contributed by atoms with Crippen molar-refractivity contribution in [3.63, 3.8) is 0 Å². The topological polar surface area (TPSA) is 72.0 Å². The quantitative estimate of drug-likeness (QED) is 0.759. The summed E-state index contributed by atoms with van der Waals surface area (Å²) in [5.74, 6) is 1.31. The summed E-state index contributed by atoms with van der Waals surface area (Å²) in [5.41, 5.74) is 0. The Kier molecular flexibility index (Phi) is 7.08. The van der Waals surface area contributed by atoms with E-state index in [-0.39, 0.29) is 11.3 Å². The second-order valence-electron chi connectivity index (χ2n) is 5.64. The number of nitrogens with one attached hydrogen (secondary N) is 1. The molecule has 1 N–H and O–H groups in total. The summed E-state index contributed by atoms with van der Waals surface area (Å²) < 4.78 is 23.1. The summed E-state index contributed by atoms with van der Waals surface area (Å²) in [5, 5.41) is 3.14. The molecule has 2 unspecified atom stereocenters. The molecule has 0 saturated heterocycles. The van der Waals surface area contributed by atoms with Crippen molar-refractivity contribution >= 4 is 15.7 Å². The van der Waals surface area contributed by atoms with E-state index in [2.05, 4.69) is 29.1 Å². The minimum absolute atomic E-state index is 0.235. The summed E-state index contributed by atoms with van der Waals surface area (Å²) in [6, 6.07) is 2.08. The second-order valence-corrected chi connectivity index (χ2v) is 8.10. The molecule has 0 aliphatic carbocycles. The van der Waals surface area contributed by atoms with Crippen molar-refractivity contribution in [3.05, 3.63) is 18.6 Å². The van der Waals surface area contributed by atoms with Crippen LogP contribution in [-0.4, -0.2) is 35.9 Å². The molecule has 0 fully saturated rings. The normalized spacial score (nSPS) is 14.9. The number of anilines is 1. The summed E-state index contributed by atoms with van der Waals surface area (Å²) in [6.07, 6.45) is 8.15. The highest BCUT2D eigenvalue weighted by molar-refractivity contribution is 7.91. The fraction of sp³-hybridized carbons (Fsp3) is 0.733. The standard InChI is InChI=1S/C15H27N3O2S/c1-5-13(6-2)14(8-7-12(3)21(4,19)20)18-15-9-10-16-11-17-15/h9-14H,5-8H2,1-4H3,(H,16,17,18). The maximum atomic E-state index is 11.6. The fourth-order valence-electron chi connectivity index (χ4n) is 2.48. The SMILES string of the molecule is CCC(CC)C(CCC(C)S(C)(=O)=O)Nc1ccncn1. The van der Waals surface area contributed by atoms with Crippen LogP contribution < -0.4 is 5.32 Å². The summed E-state index contributed by atoms with van der Waals surface area (Å²) in [7, 11) is -2.96. The van der Waals surface area contributed by atoms with Crippen molar-refractivity contribution in [2.75, 3.05) is 11.6 Å². The first kappa shape index (κ1) is 17.9. The first-order chi connectivity index (χ1) is 9.88. The molecule has 5 nitrogen and oxygen atoms in total. The zero-order valence-corrected chi connectivity index (χ0v) is 14.2. The molecule has 0 aliphatic rings. The van der Waals surface area contributed by atoms with Crippen LogP contribution in [0.2, 0.25) is 0 Å². The highest BCUT2D eigenvalue weighted by atomic mass is 32.2. The summed E-state index contributed by atoms with van der Waals surface area (Å²) in [4.78, 5) is 8.12. The lowest BCUT2D eigenvalue weighted by atomic mass is 9.90. The number of rotatable bonds is 9. The van der Waals surface area contributed by atoms with Gasteiger partial charge in [0.1, 0.15) is 22.0 Å². The Hall–Kier alpha value is -1.17. The smallest absolute Gasteiger partial charge is 0.150 e. The minimum atomic E-state index is -2.96. The second kappa shape index (κ2) is 8.32. The van der Waals surface area contributed by atoms with Gasteiger partial charge in [-0.3, -0.25) is 0 Å². The minimum Gasteiger partial charge on any atom is -0.367 e. The predicted molar refractivity (Wildman–Crippen MR) is 87.1 cm³/mol. The van der Waals surface area contributed by atoms with E-state index in [4.69, 9.17) is 0 Å². The van der Waals surface area contributed by atoms with E-state index in [0.29, 0.717) is 12.3 Å². The Balaban J connectivity index is 2.73. The predicted octanol–water partition coefficient (Wildman–Crippen LogP) is 2.91. The van der Waals surface area contributed by atoms with Gasteiger partial charge in [-0.15, -0.1) is 0 Å². The van der Waals surface area contributed by atoms with E-state index >= 15 is 0 Å². The lowest BCUT2D eigenvalue weighted by molar-refractivity contribution is 0.390. The number of nitrogens with zero attached hydrogens (tertiary/aromatic N) is 2. The van der Waals surface area contributed by atoms with Gasteiger partial charge in [0.05, 0.1) is 5.25 Å². The summed E-state index contributed by atoms with van der Waals surface area (Å²) in [6.45, 7) is 6.12. The molecule has 1 aromatic heterocycles. The van der Waals surface area contributed by atoms with E-state index in [0.717, 1.165) is 25.1 Å². The third-order valence-corrected chi connectivity index (χ3v) is 5.85. The highest BCUT2D eigenvalue weighted by Crippen LogP contribution is 2.22. The Morgan fingerprint density at radius 3 is 2.38 bits per heavy atom. The van der Waals surface area contributed by atoms with E-state index in [1.807, 2.05) is 6.07 Å². The molecule has 0 saturated carbocycles. The molecule has 0 aromatic carbocycles. The van der Waals surface area contributed by atoms with E-state index < -0.39 is 9.84 Å². The van der Waals surface area contributed by atoms with E-state index in [1.165, 1.54) is 12.6 Å². The largest absolute Gasteiger partial charge is 0.367 e. The molecule has 1 aromatic rings. The lowest BCUT2D eigenvalue weighted by Gasteiger charge is -2.27. The van der Waals surface area contributed by atoms with Gasteiger partial charge in [-0.05, 0) is 31.7 Å². The van der Waals surface area contributed by atoms with Crippen LogP contribution in [0.1, 0.15) is 46.5 Å². The van der Waals surface area contributed by atoms with Crippen LogP contribution in [0.5, 0.6) is 0 Å². The first-order valence-electron chi connectivity index (χ1n) is 7.59. The van der Waals surface area contributed by atoms with Gasteiger partial charge >= 0.3 is 0 Å². The van der Waals surface area contributed by atoms with Crippen molar-refractivity contribution in [2.45, 2.75) is 57.7 Å². The molecule has 2 atom stereocenters. The Labute approximate surface area is 128 Å². The average molecular weight is 313 g/mol. The molecular weight excluding hydrogens is 286 g/mol. The fourth-order valence-corrected chi connectivity index (χ4v) is 3.04. The maximum Gasteiger partial charge on any atom is 0.150 e. The van der Waals surface area contributed by atoms with Crippen molar-refractivity contribution in [2.24, 2.45) is 5.92 Å². The molecule has 0 spiro atoms. The van der Waals surface area contributed by atoms with Crippen LogP contribution in [0.4, 0.5) is 5.82 Å². The number of sulfone groups is 1. The molecule has 0 bridgehead atoms. The molecule has 120 valence electrons. The van der Waals surface area contributed by atoms with Crippen LogP contribution >= 0.6 is 0 Å². The molecule has 0 amide bonds. The Bertz CT molecular complexity index is 501. The van der Waals surface area contributed by atoms with E-state index in [1.54, 1.807) is 13.1 Å². The van der Waals surface area contributed by atoms with Crippen molar-refractivity contribution < 1.29 is 8.42 Å². The van der Waals surface area contributed by atoms with Crippen molar-refractivity contribution in [1.29, 1.82) is 0 Å². The van der Waals surface area contributed by atoms with Crippen molar-refractivity contribution in [1.82, 2.24) is 9.97 Å². The molecule has 0 radical (unpaired) electrons. The molecular formula is C15H27N3O2S. The van der Waals surface area contributed by atoms with Gasteiger partial charge < -0.3 is 5.32 Å². The maximum absolute atomic E-state index is 11.6. The average Bonchev–Trinajstić information content (AvgIpc) is 2.45. The molecule has 0 aliphatic heterocycles. The highest BCUT2D eigenvalue weighted by Gasteiger charge is 2.22. The van der Waals surface area contributed by atoms with Crippen LogP contribution in [0.25, 0.3) is 0 Å². The Morgan fingerprint density at radius 2 is 1.90 bits per heavy atom. The molecule has 1 heterocycles. The monoisotopic (exact) mass is 313 g/mol. The van der Waals surface area contributed by atoms with Crippen LogP contribution in [0.3, 0.4) is 0 Å². The van der Waals surface area contributed by atoms with Gasteiger partial charge in [0.25, 0.3) is 0 Å². The van der Waals surface area contributed by atoms with Gasteiger partial charge in [0.2, 0.25) is 0 Å². The lowest BCUT2D eigenvalue weighted by Crippen LogP contribution is -2.31. The number of aromatic nitrogens is 2. The van der Waals surface area contributed by atoms with Crippen LogP contribution in [0, 0.1) is 5.92 Å². The zero-order chi connectivity index (χ0) is 15.9. The Morgan fingerprint density at radius 1 is 1.24 bits per heavy atom. The number of hydrogen-bond acceptors (Lipinski definition) is 5. The van der Waals surface area contributed by atoms with Crippen LogP contribution in [0.15, 0.2) is 18.6 Å². The zero-order valence-electron chi connectivity index (χ0n) is 13.4. The molecule has 1 rings (SSSR count). The van der Waals surface area contributed by atoms with Gasteiger partial charge in [0.15, 0.2) is 0 Å².